The molecule has 2 heterocycles. The number of carboxylic acid groups (broad SMARTS) is 1. The molecule has 0 spiro atoms. The minimum Gasteiger partial charge on any atom is -0.480 e. The summed E-state index contributed by atoms with van der Waals surface area (Å²) in [6.45, 7) is 0.376. The molecular formula is C18H20F2N2O5. The summed E-state index contributed by atoms with van der Waals surface area (Å²) in [4.78, 5) is 38.9. The number of hydrogen-bond acceptors (Lipinski definition) is 4. The van der Waals surface area contributed by atoms with E-state index in [1.807, 2.05) is 0 Å². The predicted molar refractivity (Wildman–Crippen MR) is 90.0 cm³/mol. The zero-order valence-electron chi connectivity index (χ0n) is 14.6. The van der Waals surface area contributed by atoms with Crippen LogP contribution in [-0.2, 0) is 19.1 Å². The quantitative estimate of drug-likeness (QED) is 0.832. The molecule has 0 radical (unpaired) electrons. The molecule has 2 saturated heterocycles. The van der Waals surface area contributed by atoms with Crippen LogP contribution in [-0.4, -0.2) is 60.1 Å². The van der Waals surface area contributed by atoms with Crippen molar-refractivity contribution in [1.82, 2.24) is 4.90 Å². The van der Waals surface area contributed by atoms with Gasteiger partial charge in [-0.3, -0.25) is 14.4 Å². The number of carbonyl (C=O) groups is 3. The Morgan fingerprint density at radius 3 is 2.41 bits per heavy atom. The van der Waals surface area contributed by atoms with Crippen LogP contribution >= 0.6 is 0 Å². The second-order valence-corrected chi connectivity index (χ2v) is 6.74. The van der Waals surface area contributed by atoms with E-state index in [2.05, 4.69) is 0 Å². The summed E-state index contributed by atoms with van der Waals surface area (Å²) in [5.74, 6) is -4.39. The van der Waals surface area contributed by atoms with Crippen LogP contribution < -0.4 is 4.90 Å². The van der Waals surface area contributed by atoms with Crippen molar-refractivity contribution in [3.63, 3.8) is 0 Å². The topological polar surface area (TPSA) is 87.2 Å². The number of anilines is 1. The second kappa shape index (κ2) is 7.99. The number of ether oxygens (including phenoxy) is 1. The SMILES string of the molecule is O=C(O)CN(C(=O)C1CC(=O)N(c2cc(F)cc(F)c2)C1)C1CCOCC1. The average molecular weight is 382 g/mol. The van der Waals surface area contributed by atoms with Crippen molar-refractivity contribution in [3.8, 4) is 0 Å². The Balaban J connectivity index is 1.77. The molecular weight excluding hydrogens is 362 g/mol. The van der Waals surface area contributed by atoms with E-state index in [0.717, 1.165) is 17.0 Å². The summed E-state index contributed by atoms with van der Waals surface area (Å²) >= 11 is 0. The summed E-state index contributed by atoms with van der Waals surface area (Å²) in [6, 6.07) is 2.49. The van der Waals surface area contributed by atoms with Gasteiger partial charge in [-0.25, -0.2) is 8.78 Å². The van der Waals surface area contributed by atoms with Gasteiger partial charge in [-0.15, -0.1) is 0 Å². The lowest BCUT2D eigenvalue weighted by molar-refractivity contribution is -0.149. The molecule has 146 valence electrons. The Morgan fingerprint density at radius 1 is 1.19 bits per heavy atom. The lowest BCUT2D eigenvalue weighted by atomic mass is 10.0. The maximum atomic E-state index is 13.4. The van der Waals surface area contributed by atoms with Gasteiger partial charge in [-0.2, -0.15) is 0 Å². The number of aliphatic carboxylic acids is 1. The number of carbonyl (C=O) groups excluding carboxylic acids is 2. The summed E-state index contributed by atoms with van der Waals surface area (Å²) in [5.41, 5.74) is 0.0450. The number of nitrogens with zero attached hydrogens (tertiary/aromatic N) is 2. The zero-order chi connectivity index (χ0) is 19.6. The van der Waals surface area contributed by atoms with Crippen LogP contribution in [0.4, 0.5) is 14.5 Å². The highest BCUT2D eigenvalue weighted by molar-refractivity contribution is 6.00. The lowest BCUT2D eigenvalue weighted by Crippen LogP contribution is -2.48. The van der Waals surface area contributed by atoms with Crippen molar-refractivity contribution in [1.29, 1.82) is 0 Å². The molecule has 0 saturated carbocycles. The van der Waals surface area contributed by atoms with E-state index in [9.17, 15) is 23.2 Å². The molecule has 1 unspecified atom stereocenters. The van der Waals surface area contributed by atoms with Gasteiger partial charge in [0.05, 0.1) is 5.92 Å². The first-order valence-corrected chi connectivity index (χ1v) is 8.71. The Kier molecular flexibility index (Phi) is 5.69. The molecule has 3 rings (SSSR count). The third-order valence-corrected chi connectivity index (χ3v) is 4.85. The van der Waals surface area contributed by atoms with Gasteiger partial charge in [0.2, 0.25) is 11.8 Å². The highest BCUT2D eigenvalue weighted by atomic mass is 19.1. The van der Waals surface area contributed by atoms with Gasteiger partial charge < -0.3 is 19.6 Å². The molecule has 0 bridgehead atoms. The average Bonchev–Trinajstić information content (AvgIpc) is 3.01. The first-order valence-electron chi connectivity index (χ1n) is 8.71. The maximum Gasteiger partial charge on any atom is 0.323 e. The summed E-state index contributed by atoms with van der Waals surface area (Å²) in [7, 11) is 0. The van der Waals surface area contributed by atoms with E-state index in [1.165, 1.54) is 4.90 Å². The Bertz CT molecular complexity index is 731. The second-order valence-electron chi connectivity index (χ2n) is 6.74. The van der Waals surface area contributed by atoms with Gasteiger partial charge in [-0.1, -0.05) is 0 Å². The molecule has 0 aliphatic carbocycles. The van der Waals surface area contributed by atoms with Crippen LogP contribution in [0.5, 0.6) is 0 Å². The van der Waals surface area contributed by atoms with Gasteiger partial charge in [0.25, 0.3) is 0 Å². The normalized spacial score (nSPS) is 20.7. The van der Waals surface area contributed by atoms with Crippen LogP contribution in [0.25, 0.3) is 0 Å². The van der Waals surface area contributed by atoms with Crippen molar-refractivity contribution in [2.75, 3.05) is 31.2 Å². The van der Waals surface area contributed by atoms with E-state index in [0.29, 0.717) is 32.1 Å². The molecule has 1 N–H and O–H groups in total. The monoisotopic (exact) mass is 382 g/mol. The minimum atomic E-state index is -1.14. The van der Waals surface area contributed by atoms with Crippen LogP contribution in [0.2, 0.25) is 0 Å². The number of rotatable bonds is 5. The van der Waals surface area contributed by atoms with Gasteiger partial charge in [0.1, 0.15) is 18.2 Å². The summed E-state index contributed by atoms with van der Waals surface area (Å²) in [5, 5.41) is 9.16. The molecule has 2 aliphatic rings. The molecule has 27 heavy (non-hydrogen) atoms. The standard InChI is InChI=1S/C18H20F2N2O5/c19-12-6-13(20)8-15(7-12)21-9-11(5-16(21)23)18(26)22(10-17(24)25)14-1-3-27-4-2-14/h6-8,11,14H,1-5,9-10H2,(H,24,25). The highest BCUT2D eigenvalue weighted by Gasteiger charge is 2.40. The van der Waals surface area contributed by atoms with Crippen molar-refractivity contribution < 1.29 is 33.0 Å². The molecule has 1 atom stereocenters. The van der Waals surface area contributed by atoms with E-state index in [1.54, 1.807) is 0 Å². The minimum absolute atomic E-state index is 0.0418. The first kappa shape index (κ1) is 19.2. The number of hydrogen-bond donors (Lipinski definition) is 1. The molecule has 0 aromatic heterocycles. The number of benzene rings is 1. The predicted octanol–water partition coefficient (Wildman–Crippen LogP) is 1.41. The van der Waals surface area contributed by atoms with Crippen LogP contribution in [0, 0.1) is 17.6 Å². The van der Waals surface area contributed by atoms with Crippen LogP contribution in [0.1, 0.15) is 19.3 Å². The number of halogens is 2. The summed E-state index contributed by atoms with van der Waals surface area (Å²) < 4.78 is 32.2. The van der Waals surface area contributed by atoms with E-state index in [-0.39, 0.29) is 24.7 Å². The maximum absolute atomic E-state index is 13.4. The first-order chi connectivity index (χ1) is 12.8. The molecule has 2 fully saturated rings. The van der Waals surface area contributed by atoms with Crippen molar-refractivity contribution in [3.05, 3.63) is 29.8 Å². The number of carboxylic acids is 1. The third-order valence-electron chi connectivity index (χ3n) is 4.85. The van der Waals surface area contributed by atoms with Crippen molar-refractivity contribution >= 4 is 23.5 Å². The fourth-order valence-electron chi connectivity index (χ4n) is 3.58. The van der Waals surface area contributed by atoms with Crippen LogP contribution in [0.3, 0.4) is 0 Å². The molecule has 2 aliphatic heterocycles. The molecule has 1 aromatic rings. The van der Waals surface area contributed by atoms with Crippen molar-refractivity contribution in [2.24, 2.45) is 5.92 Å². The van der Waals surface area contributed by atoms with Gasteiger partial charge in [0, 0.05) is 44.0 Å². The Morgan fingerprint density at radius 2 is 1.81 bits per heavy atom. The van der Waals surface area contributed by atoms with E-state index >= 15 is 0 Å². The molecule has 9 heteroatoms. The molecule has 7 nitrogen and oxygen atoms in total. The Labute approximate surface area is 154 Å². The fourth-order valence-corrected chi connectivity index (χ4v) is 3.58. The largest absolute Gasteiger partial charge is 0.480 e. The summed E-state index contributed by atoms with van der Waals surface area (Å²) in [6.07, 6.45) is 0.924. The Hall–Kier alpha value is -2.55. The van der Waals surface area contributed by atoms with Gasteiger partial charge in [0.15, 0.2) is 0 Å². The van der Waals surface area contributed by atoms with E-state index < -0.39 is 41.9 Å². The number of amides is 2. The smallest absolute Gasteiger partial charge is 0.323 e. The lowest BCUT2D eigenvalue weighted by Gasteiger charge is -2.34. The fraction of sp³-hybridized carbons (Fsp3) is 0.500. The zero-order valence-corrected chi connectivity index (χ0v) is 14.6. The van der Waals surface area contributed by atoms with Crippen LogP contribution in [0.15, 0.2) is 18.2 Å². The molecule has 1 aromatic carbocycles. The highest BCUT2D eigenvalue weighted by Crippen LogP contribution is 2.29. The third kappa shape index (κ3) is 4.41. The van der Waals surface area contributed by atoms with Gasteiger partial charge in [-0.05, 0) is 25.0 Å². The molecule has 2 amide bonds. The van der Waals surface area contributed by atoms with E-state index in [4.69, 9.17) is 9.84 Å². The van der Waals surface area contributed by atoms with Gasteiger partial charge >= 0.3 is 5.97 Å². The van der Waals surface area contributed by atoms with Crippen molar-refractivity contribution in [2.45, 2.75) is 25.3 Å².